The molecule has 1 spiro atoms. The molecule has 2 aliphatic heterocycles. The van der Waals surface area contributed by atoms with Crippen LogP contribution in [0.25, 0.3) is 0 Å². The summed E-state index contributed by atoms with van der Waals surface area (Å²) in [7, 11) is 0. The van der Waals surface area contributed by atoms with E-state index in [9.17, 15) is 4.79 Å². The van der Waals surface area contributed by atoms with Gasteiger partial charge in [0.15, 0.2) is 0 Å². The van der Waals surface area contributed by atoms with E-state index in [1.807, 2.05) is 17.0 Å². The Labute approximate surface area is 134 Å². The van der Waals surface area contributed by atoms with Crippen LogP contribution in [-0.2, 0) is 5.41 Å². The van der Waals surface area contributed by atoms with Crippen molar-refractivity contribution in [1.82, 2.24) is 10.2 Å². The van der Waals surface area contributed by atoms with Gasteiger partial charge in [0.2, 0.25) is 0 Å². The number of carbonyl (C=O) groups is 1. The molecule has 2 fully saturated rings. The Morgan fingerprint density at radius 2 is 1.73 bits per heavy atom. The number of rotatable bonds is 1. The Morgan fingerprint density at radius 3 is 2.23 bits per heavy atom. The van der Waals surface area contributed by atoms with Crippen molar-refractivity contribution in [2.45, 2.75) is 57.4 Å². The van der Waals surface area contributed by atoms with E-state index in [-0.39, 0.29) is 11.3 Å². The second-order valence-corrected chi connectivity index (χ2v) is 7.93. The molecule has 2 heterocycles. The standard InChI is InChI=1S/C19H28N2O/c1-18(2,3)16-7-5-15(6-8-16)17(22)21-13-10-19(11-14-21)9-4-12-20-19/h5-8,20H,4,9-14H2,1-3H3. The highest BCUT2D eigenvalue weighted by molar-refractivity contribution is 5.94. The molecule has 22 heavy (non-hydrogen) atoms. The van der Waals surface area contributed by atoms with E-state index in [0.717, 1.165) is 38.0 Å². The lowest BCUT2D eigenvalue weighted by atomic mass is 9.85. The van der Waals surface area contributed by atoms with Crippen molar-refractivity contribution in [3.05, 3.63) is 35.4 Å². The van der Waals surface area contributed by atoms with Gasteiger partial charge in [-0.1, -0.05) is 32.9 Å². The molecular weight excluding hydrogens is 272 g/mol. The maximum Gasteiger partial charge on any atom is 0.253 e. The highest BCUT2D eigenvalue weighted by Crippen LogP contribution is 2.31. The van der Waals surface area contributed by atoms with E-state index in [2.05, 4.69) is 38.2 Å². The van der Waals surface area contributed by atoms with Crippen LogP contribution in [0, 0.1) is 0 Å². The van der Waals surface area contributed by atoms with Crippen LogP contribution in [0.1, 0.15) is 62.4 Å². The van der Waals surface area contributed by atoms with Crippen molar-refractivity contribution in [2.75, 3.05) is 19.6 Å². The van der Waals surface area contributed by atoms with E-state index in [1.165, 1.54) is 18.4 Å². The molecule has 3 nitrogen and oxygen atoms in total. The molecule has 1 N–H and O–H groups in total. The minimum atomic E-state index is 0.132. The first-order chi connectivity index (χ1) is 10.4. The van der Waals surface area contributed by atoms with Gasteiger partial charge in [-0.25, -0.2) is 0 Å². The van der Waals surface area contributed by atoms with Crippen LogP contribution in [0.2, 0.25) is 0 Å². The Bertz CT molecular complexity index is 526. The van der Waals surface area contributed by atoms with Crippen molar-refractivity contribution >= 4 is 5.91 Å². The Hall–Kier alpha value is -1.35. The highest BCUT2D eigenvalue weighted by Gasteiger charge is 2.37. The van der Waals surface area contributed by atoms with Gasteiger partial charge in [0.05, 0.1) is 0 Å². The third-order valence-corrected chi connectivity index (χ3v) is 5.34. The molecule has 0 atom stereocenters. The summed E-state index contributed by atoms with van der Waals surface area (Å²) in [4.78, 5) is 14.7. The second-order valence-electron chi connectivity index (χ2n) is 7.93. The van der Waals surface area contributed by atoms with Crippen LogP contribution in [0.3, 0.4) is 0 Å². The number of nitrogens with one attached hydrogen (secondary N) is 1. The molecule has 0 bridgehead atoms. The van der Waals surface area contributed by atoms with Gasteiger partial charge in [-0.15, -0.1) is 0 Å². The largest absolute Gasteiger partial charge is 0.339 e. The minimum absolute atomic E-state index is 0.132. The molecule has 120 valence electrons. The molecule has 2 aliphatic rings. The monoisotopic (exact) mass is 300 g/mol. The minimum Gasteiger partial charge on any atom is -0.339 e. The summed E-state index contributed by atoms with van der Waals surface area (Å²) in [5.74, 6) is 0.188. The first-order valence-electron chi connectivity index (χ1n) is 8.55. The number of hydrogen-bond acceptors (Lipinski definition) is 2. The molecule has 1 aromatic rings. The molecule has 0 aromatic heterocycles. The average Bonchev–Trinajstić information content (AvgIpc) is 2.95. The summed E-state index contributed by atoms with van der Waals surface area (Å²) in [5.41, 5.74) is 2.56. The van der Waals surface area contributed by atoms with Crippen LogP contribution in [0.4, 0.5) is 0 Å². The van der Waals surface area contributed by atoms with Gasteiger partial charge in [-0.05, 0) is 55.3 Å². The SMILES string of the molecule is CC(C)(C)c1ccc(C(=O)N2CCC3(CCCN3)CC2)cc1. The molecule has 3 heteroatoms. The van der Waals surface area contributed by atoms with Crippen LogP contribution in [0.5, 0.6) is 0 Å². The van der Waals surface area contributed by atoms with Crippen molar-refractivity contribution < 1.29 is 4.79 Å². The van der Waals surface area contributed by atoms with Crippen molar-refractivity contribution in [1.29, 1.82) is 0 Å². The van der Waals surface area contributed by atoms with E-state index >= 15 is 0 Å². The third-order valence-electron chi connectivity index (χ3n) is 5.34. The third kappa shape index (κ3) is 3.05. The maximum atomic E-state index is 12.7. The lowest BCUT2D eigenvalue weighted by Crippen LogP contribution is -2.51. The number of benzene rings is 1. The predicted octanol–water partition coefficient (Wildman–Crippen LogP) is 3.34. The van der Waals surface area contributed by atoms with Gasteiger partial charge < -0.3 is 10.2 Å². The molecule has 1 aromatic carbocycles. The lowest BCUT2D eigenvalue weighted by molar-refractivity contribution is 0.0657. The van der Waals surface area contributed by atoms with Crippen LogP contribution < -0.4 is 5.32 Å². The predicted molar refractivity (Wildman–Crippen MR) is 90.2 cm³/mol. The summed E-state index contributed by atoms with van der Waals surface area (Å²) in [6.45, 7) is 9.50. The first-order valence-corrected chi connectivity index (χ1v) is 8.55. The zero-order valence-electron chi connectivity index (χ0n) is 14.1. The van der Waals surface area contributed by atoms with Gasteiger partial charge in [0.1, 0.15) is 0 Å². The smallest absolute Gasteiger partial charge is 0.253 e. The molecule has 0 radical (unpaired) electrons. The summed E-state index contributed by atoms with van der Waals surface area (Å²) in [6.07, 6.45) is 4.75. The highest BCUT2D eigenvalue weighted by atomic mass is 16.2. The number of carbonyl (C=O) groups excluding carboxylic acids is 1. The van der Waals surface area contributed by atoms with E-state index < -0.39 is 0 Å². The first kappa shape index (κ1) is 15.5. The van der Waals surface area contributed by atoms with E-state index in [4.69, 9.17) is 0 Å². The van der Waals surface area contributed by atoms with Gasteiger partial charge in [-0.2, -0.15) is 0 Å². The second kappa shape index (κ2) is 5.69. The number of nitrogens with zero attached hydrogens (tertiary/aromatic N) is 1. The summed E-state index contributed by atoms with van der Waals surface area (Å²) in [5, 5.41) is 3.66. The average molecular weight is 300 g/mol. The number of likely N-dealkylation sites (tertiary alicyclic amines) is 1. The molecule has 0 unspecified atom stereocenters. The van der Waals surface area contributed by atoms with E-state index in [1.54, 1.807) is 0 Å². The van der Waals surface area contributed by atoms with Crippen LogP contribution >= 0.6 is 0 Å². The van der Waals surface area contributed by atoms with Crippen molar-refractivity contribution in [3.63, 3.8) is 0 Å². The Morgan fingerprint density at radius 1 is 1.09 bits per heavy atom. The van der Waals surface area contributed by atoms with Crippen molar-refractivity contribution in [3.8, 4) is 0 Å². The summed E-state index contributed by atoms with van der Waals surface area (Å²) >= 11 is 0. The topological polar surface area (TPSA) is 32.3 Å². The zero-order valence-corrected chi connectivity index (χ0v) is 14.1. The molecule has 0 saturated carbocycles. The maximum absolute atomic E-state index is 12.7. The quantitative estimate of drug-likeness (QED) is 0.862. The van der Waals surface area contributed by atoms with Crippen LogP contribution in [0.15, 0.2) is 24.3 Å². The van der Waals surface area contributed by atoms with Gasteiger partial charge >= 0.3 is 0 Å². The fourth-order valence-corrected chi connectivity index (χ4v) is 3.73. The fourth-order valence-electron chi connectivity index (χ4n) is 3.73. The van der Waals surface area contributed by atoms with Crippen molar-refractivity contribution in [2.24, 2.45) is 0 Å². The summed E-state index contributed by atoms with van der Waals surface area (Å²) in [6, 6.07) is 8.16. The van der Waals surface area contributed by atoms with Gasteiger partial charge in [-0.3, -0.25) is 4.79 Å². The number of piperidine rings is 1. The number of amides is 1. The molecule has 2 saturated heterocycles. The molecule has 0 aliphatic carbocycles. The van der Waals surface area contributed by atoms with Gasteiger partial charge in [0, 0.05) is 24.2 Å². The molecular formula is C19H28N2O. The zero-order chi connectivity index (χ0) is 15.8. The Balaban J connectivity index is 1.65. The van der Waals surface area contributed by atoms with Gasteiger partial charge in [0.25, 0.3) is 5.91 Å². The molecule has 3 rings (SSSR count). The normalized spacial score (nSPS) is 21.3. The summed E-state index contributed by atoms with van der Waals surface area (Å²) < 4.78 is 0. The fraction of sp³-hybridized carbons (Fsp3) is 0.632. The Kier molecular flexibility index (Phi) is 4.02. The molecule has 1 amide bonds. The lowest BCUT2D eigenvalue weighted by Gasteiger charge is -2.39. The number of hydrogen-bond donors (Lipinski definition) is 1. The van der Waals surface area contributed by atoms with E-state index in [0.29, 0.717) is 5.54 Å². The van der Waals surface area contributed by atoms with Crippen LogP contribution in [-0.4, -0.2) is 36.0 Å².